The minimum atomic E-state index is -0.360. The Hall–Kier alpha value is -2.09. The smallest absolute Gasteiger partial charge is 0.105 e. The van der Waals surface area contributed by atoms with Crippen molar-refractivity contribution >= 4 is 0 Å². The highest BCUT2D eigenvalue weighted by atomic mass is 19.1. The maximum Gasteiger partial charge on any atom is 0.105 e. The maximum absolute atomic E-state index is 13.7. The van der Waals surface area contributed by atoms with E-state index in [0.29, 0.717) is 12.5 Å². The summed E-state index contributed by atoms with van der Waals surface area (Å²) >= 11 is 0. The lowest BCUT2D eigenvalue weighted by molar-refractivity contribution is 0.223. The van der Waals surface area contributed by atoms with Crippen LogP contribution in [0.25, 0.3) is 0 Å². The van der Waals surface area contributed by atoms with Gasteiger partial charge in [-0.1, -0.05) is 63.3 Å². The van der Waals surface area contributed by atoms with Crippen LogP contribution in [0, 0.1) is 11.8 Å². The molecule has 0 spiro atoms. The Balaban J connectivity index is 1.94. The van der Waals surface area contributed by atoms with Gasteiger partial charge in [0, 0.05) is 31.6 Å². The van der Waals surface area contributed by atoms with Gasteiger partial charge in [0.05, 0.1) is 0 Å². The molecule has 3 heteroatoms. The minimum Gasteiger partial charge on any atom is -0.374 e. The molecular weight excluding hydrogens is 323 g/mol. The van der Waals surface area contributed by atoms with Crippen molar-refractivity contribution in [3.63, 3.8) is 0 Å². The third kappa shape index (κ3) is 6.01. The molecule has 26 heavy (non-hydrogen) atoms. The van der Waals surface area contributed by atoms with Crippen LogP contribution in [0.3, 0.4) is 0 Å². The second-order valence-electron chi connectivity index (χ2n) is 6.94. The molecular formula is C23H31FN2. The van der Waals surface area contributed by atoms with Crippen LogP contribution < -0.4 is 5.32 Å². The molecule has 3 atom stereocenters. The van der Waals surface area contributed by atoms with Crippen molar-refractivity contribution in [3.05, 3.63) is 78.2 Å². The van der Waals surface area contributed by atoms with Gasteiger partial charge in [-0.15, -0.1) is 5.73 Å². The number of rotatable bonds is 11. The largest absolute Gasteiger partial charge is 0.374 e. The van der Waals surface area contributed by atoms with Crippen molar-refractivity contribution in [2.24, 2.45) is 11.8 Å². The fourth-order valence-corrected chi connectivity index (χ4v) is 3.28. The van der Waals surface area contributed by atoms with Crippen molar-refractivity contribution in [2.75, 3.05) is 19.8 Å². The van der Waals surface area contributed by atoms with Gasteiger partial charge in [-0.3, -0.25) is 0 Å². The Morgan fingerprint density at radius 3 is 2.73 bits per heavy atom. The van der Waals surface area contributed by atoms with Crippen LogP contribution in [0.1, 0.15) is 25.8 Å². The number of nitrogens with zero attached hydrogens (tertiary/aromatic N) is 1. The minimum absolute atomic E-state index is 0.153. The quantitative estimate of drug-likeness (QED) is 0.570. The van der Waals surface area contributed by atoms with E-state index in [0.717, 1.165) is 19.5 Å². The van der Waals surface area contributed by atoms with Crippen LogP contribution in [0.2, 0.25) is 0 Å². The number of hydrogen-bond acceptors (Lipinski definition) is 2. The Kier molecular flexibility index (Phi) is 8.40. The van der Waals surface area contributed by atoms with Crippen LogP contribution in [0.15, 0.2) is 72.6 Å². The molecule has 2 nitrogen and oxygen atoms in total. The summed E-state index contributed by atoms with van der Waals surface area (Å²) in [6, 6.07) is 10.0. The fraction of sp³-hybridized carbons (Fsp3) is 0.435. The molecule has 1 N–H and O–H groups in total. The second kappa shape index (κ2) is 10.8. The van der Waals surface area contributed by atoms with E-state index < -0.39 is 0 Å². The normalized spacial score (nSPS) is 18.3. The molecule has 2 rings (SSSR count). The summed E-state index contributed by atoms with van der Waals surface area (Å²) in [5.74, 6) is 0.614. The average Bonchev–Trinajstić information content (AvgIpc) is 2.68. The standard InChI is InChI=1S/C23H31FN2/c1-4-21(23(15-24)25-16-20-12-7-6-8-13-20)17-26(5-2)18-22-14-10-9-11-19(22)3/h5-8,10-14,19,21,23,25H,2,4,15-18H2,1,3H3. The van der Waals surface area contributed by atoms with Gasteiger partial charge >= 0.3 is 0 Å². The summed E-state index contributed by atoms with van der Waals surface area (Å²) in [6.07, 6.45) is 8.97. The molecule has 0 amide bonds. The molecule has 0 aliphatic heterocycles. The SMILES string of the molecule is C=CN(CC1=CC=C=CC1C)CC(CC)C(CF)NCc1ccccc1. The zero-order chi connectivity index (χ0) is 18.8. The van der Waals surface area contributed by atoms with Gasteiger partial charge in [0.15, 0.2) is 0 Å². The highest BCUT2D eigenvalue weighted by Gasteiger charge is 2.22. The Labute approximate surface area is 157 Å². The van der Waals surface area contributed by atoms with Crippen LogP contribution in [-0.4, -0.2) is 30.7 Å². The monoisotopic (exact) mass is 354 g/mol. The predicted octanol–water partition coefficient (Wildman–Crippen LogP) is 4.87. The third-order valence-electron chi connectivity index (χ3n) is 5.11. The highest BCUT2D eigenvalue weighted by molar-refractivity contribution is 5.24. The van der Waals surface area contributed by atoms with Gasteiger partial charge < -0.3 is 10.2 Å². The molecule has 0 saturated carbocycles. The molecule has 140 valence electrons. The summed E-state index contributed by atoms with van der Waals surface area (Å²) in [4.78, 5) is 2.20. The van der Waals surface area contributed by atoms with E-state index in [1.54, 1.807) is 0 Å². The highest BCUT2D eigenvalue weighted by Crippen LogP contribution is 2.19. The molecule has 1 aliphatic carbocycles. The summed E-state index contributed by atoms with van der Waals surface area (Å²) < 4.78 is 13.7. The zero-order valence-corrected chi connectivity index (χ0v) is 16.0. The van der Waals surface area contributed by atoms with Gasteiger partial charge in [-0.25, -0.2) is 4.39 Å². The zero-order valence-electron chi connectivity index (χ0n) is 16.0. The van der Waals surface area contributed by atoms with Crippen LogP contribution >= 0.6 is 0 Å². The van der Waals surface area contributed by atoms with E-state index in [1.807, 2.05) is 30.5 Å². The number of allylic oxidation sites excluding steroid dienone is 2. The molecule has 1 aliphatic rings. The van der Waals surface area contributed by atoms with Crippen molar-refractivity contribution in [1.82, 2.24) is 10.2 Å². The van der Waals surface area contributed by atoms with Gasteiger partial charge in [0.1, 0.15) is 6.67 Å². The van der Waals surface area contributed by atoms with E-state index in [-0.39, 0.29) is 18.6 Å². The molecule has 0 aromatic heterocycles. The number of benzene rings is 1. The van der Waals surface area contributed by atoms with Gasteiger partial charge in [0.25, 0.3) is 0 Å². The molecule has 1 aromatic rings. The first-order valence-corrected chi connectivity index (χ1v) is 9.49. The van der Waals surface area contributed by atoms with Crippen LogP contribution in [0.5, 0.6) is 0 Å². The molecule has 0 fully saturated rings. The van der Waals surface area contributed by atoms with Crippen LogP contribution in [-0.2, 0) is 6.54 Å². The Morgan fingerprint density at radius 2 is 2.12 bits per heavy atom. The van der Waals surface area contributed by atoms with Crippen molar-refractivity contribution in [2.45, 2.75) is 32.9 Å². The van der Waals surface area contributed by atoms with E-state index in [2.05, 4.69) is 60.7 Å². The molecule has 0 radical (unpaired) electrons. The lowest BCUT2D eigenvalue weighted by Gasteiger charge is -2.32. The Morgan fingerprint density at radius 1 is 1.35 bits per heavy atom. The molecule has 3 unspecified atom stereocenters. The molecule has 0 bridgehead atoms. The average molecular weight is 355 g/mol. The van der Waals surface area contributed by atoms with Crippen molar-refractivity contribution < 1.29 is 4.39 Å². The first-order chi connectivity index (χ1) is 12.7. The first-order valence-electron chi connectivity index (χ1n) is 9.49. The number of halogens is 1. The lowest BCUT2D eigenvalue weighted by Crippen LogP contribution is -2.42. The fourth-order valence-electron chi connectivity index (χ4n) is 3.28. The summed E-state index contributed by atoms with van der Waals surface area (Å²) in [7, 11) is 0. The van der Waals surface area contributed by atoms with Crippen LogP contribution in [0.4, 0.5) is 4.39 Å². The van der Waals surface area contributed by atoms with Crippen molar-refractivity contribution in [1.29, 1.82) is 0 Å². The molecule has 0 heterocycles. The molecule has 1 aromatic carbocycles. The Bertz CT molecular complexity index is 643. The first kappa shape index (κ1) is 20.2. The topological polar surface area (TPSA) is 15.3 Å². The van der Waals surface area contributed by atoms with Gasteiger partial charge in [0.2, 0.25) is 0 Å². The number of alkyl halides is 1. The summed E-state index contributed by atoms with van der Waals surface area (Å²) in [5.41, 5.74) is 5.66. The number of nitrogens with one attached hydrogen (secondary N) is 1. The van der Waals surface area contributed by atoms with E-state index in [9.17, 15) is 4.39 Å². The van der Waals surface area contributed by atoms with Gasteiger partial charge in [-0.05, 0) is 35.4 Å². The molecule has 0 saturated heterocycles. The maximum atomic E-state index is 13.7. The van der Waals surface area contributed by atoms with Crippen molar-refractivity contribution in [3.8, 4) is 0 Å². The predicted molar refractivity (Wildman–Crippen MR) is 108 cm³/mol. The van der Waals surface area contributed by atoms with E-state index >= 15 is 0 Å². The summed E-state index contributed by atoms with van der Waals surface area (Å²) in [5, 5.41) is 3.41. The van der Waals surface area contributed by atoms with E-state index in [1.165, 1.54) is 11.1 Å². The lowest BCUT2D eigenvalue weighted by atomic mass is 9.94. The third-order valence-corrected chi connectivity index (χ3v) is 5.11. The second-order valence-corrected chi connectivity index (χ2v) is 6.94. The summed E-state index contributed by atoms with van der Waals surface area (Å²) in [6.45, 7) is 10.2. The van der Waals surface area contributed by atoms with E-state index in [4.69, 9.17) is 0 Å². The number of hydrogen-bond donors (Lipinski definition) is 1. The van der Waals surface area contributed by atoms with Gasteiger partial charge in [-0.2, -0.15) is 0 Å².